The van der Waals surface area contributed by atoms with Crippen molar-refractivity contribution in [1.29, 1.82) is 0 Å². The summed E-state index contributed by atoms with van der Waals surface area (Å²) >= 11 is 0. The van der Waals surface area contributed by atoms with Crippen molar-refractivity contribution < 1.29 is 19.1 Å². The van der Waals surface area contributed by atoms with Gasteiger partial charge < -0.3 is 10.0 Å². The zero-order valence-corrected chi connectivity index (χ0v) is 14.3. The fourth-order valence-electron chi connectivity index (χ4n) is 2.97. The standard InChI is InChI=1S/C18H21FN4O3/c19-16-3-1-14(2-4-16)12-21-7-9-22(10-8-21)17(24)5-6-23-13-15(11-20-23)18(25)26/h1-4,11,13H,5-10,12H2,(H,25,26). The molecule has 3 rings (SSSR count). The molecule has 2 aromatic rings. The minimum Gasteiger partial charge on any atom is -0.478 e. The van der Waals surface area contributed by atoms with Crippen LogP contribution in [0.25, 0.3) is 0 Å². The number of rotatable bonds is 6. The molecule has 0 spiro atoms. The number of carboxylic acids is 1. The van der Waals surface area contributed by atoms with Crippen LogP contribution in [-0.2, 0) is 17.9 Å². The van der Waals surface area contributed by atoms with Crippen LogP contribution < -0.4 is 0 Å². The minimum absolute atomic E-state index is 0.0406. The summed E-state index contributed by atoms with van der Waals surface area (Å²) in [5, 5.41) is 12.8. The maximum atomic E-state index is 12.9. The minimum atomic E-state index is -1.03. The predicted molar refractivity (Wildman–Crippen MR) is 92.1 cm³/mol. The molecule has 1 N–H and O–H groups in total. The quantitative estimate of drug-likeness (QED) is 0.844. The first-order valence-corrected chi connectivity index (χ1v) is 8.51. The SMILES string of the molecule is O=C(O)c1cnn(CCC(=O)N2CCN(Cc3ccc(F)cc3)CC2)c1. The highest BCUT2D eigenvalue weighted by Gasteiger charge is 2.21. The summed E-state index contributed by atoms with van der Waals surface area (Å²) < 4.78 is 14.4. The summed E-state index contributed by atoms with van der Waals surface area (Å²) in [7, 11) is 0. The Hall–Kier alpha value is -2.74. The van der Waals surface area contributed by atoms with Gasteiger partial charge >= 0.3 is 5.97 Å². The molecular weight excluding hydrogens is 339 g/mol. The van der Waals surface area contributed by atoms with Crippen LogP contribution in [0.4, 0.5) is 4.39 Å². The van der Waals surface area contributed by atoms with Gasteiger partial charge in [0.2, 0.25) is 5.91 Å². The third-order valence-electron chi connectivity index (χ3n) is 4.48. The van der Waals surface area contributed by atoms with Crippen LogP contribution in [0.1, 0.15) is 22.3 Å². The first-order chi connectivity index (χ1) is 12.5. The van der Waals surface area contributed by atoms with Crippen LogP contribution in [0.2, 0.25) is 0 Å². The molecule has 138 valence electrons. The second-order valence-corrected chi connectivity index (χ2v) is 6.33. The molecule has 0 aliphatic carbocycles. The van der Waals surface area contributed by atoms with Gasteiger partial charge in [0.05, 0.1) is 11.8 Å². The molecule has 2 heterocycles. The summed E-state index contributed by atoms with van der Waals surface area (Å²) in [6.45, 7) is 3.95. The van der Waals surface area contributed by atoms with Gasteiger partial charge in [-0.3, -0.25) is 14.4 Å². The summed E-state index contributed by atoms with van der Waals surface area (Å²) in [5.74, 6) is -1.23. The molecule has 1 saturated heterocycles. The summed E-state index contributed by atoms with van der Waals surface area (Å²) in [4.78, 5) is 27.2. The number of carbonyl (C=O) groups excluding carboxylic acids is 1. The van der Waals surface area contributed by atoms with Crippen molar-refractivity contribution in [2.75, 3.05) is 26.2 Å². The topological polar surface area (TPSA) is 78.7 Å². The van der Waals surface area contributed by atoms with Gasteiger partial charge in [0.25, 0.3) is 0 Å². The van der Waals surface area contributed by atoms with Crippen molar-refractivity contribution >= 4 is 11.9 Å². The van der Waals surface area contributed by atoms with Gasteiger partial charge in [-0.15, -0.1) is 0 Å². The number of nitrogens with zero attached hydrogens (tertiary/aromatic N) is 4. The van der Waals surface area contributed by atoms with E-state index in [1.54, 1.807) is 12.1 Å². The van der Waals surface area contributed by atoms with Gasteiger partial charge in [-0.25, -0.2) is 9.18 Å². The highest BCUT2D eigenvalue weighted by molar-refractivity contribution is 5.86. The third kappa shape index (κ3) is 4.66. The second-order valence-electron chi connectivity index (χ2n) is 6.33. The predicted octanol–water partition coefficient (Wildman–Crippen LogP) is 1.45. The summed E-state index contributed by atoms with van der Waals surface area (Å²) in [6.07, 6.45) is 3.00. The molecule has 1 amide bonds. The molecule has 0 saturated carbocycles. The molecule has 8 heteroatoms. The number of aryl methyl sites for hydroxylation is 1. The molecular formula is C18H21FN4O3. The molecule has 1 aliphatic heterocycles. The summed E-state index contributed by atoms with van der Waals surface area (Å²) in [5.41, 5.74) is 1.17. The van der Waals surface area contributed by atoms with E-state index in [9.17, 15) is 14.0 Å². The number of benzene rings is 1. The number of carbonyl (C=O) groups is 2. The van der Waals surface area contributed by atoms with Gasteiger partial charge in [-0.05, 0) is 17.7 Å². The molecule has 0 radical (unpaired) electrons. The molecule has 26 heavy (non-hydrogen) atoms. The van der Waals surface area contributed by atoms with Crippen molar-refractivity contribution in [3.05, 3.63) is 53.6 Å². The van der Waals surface area contributed by atoms with E-state index < -0.39 is 5.97 Å². The highest BCUT2D eigenvalue weighted by atomic mass is 19.1. The fourth-order valence-corrected chi connectivity index (χ4v) is 2.97. The van der Waals surface area contributed by atoms with E-state index in [0.29, 0.717) is 26.1 Å². The van der Waals surface area contributed by atoms with Crippen molar-refractivity contribution in [2.24, 2.45) is 0 Å². The Bertz CT molecular complexity index is 767. The van der Waals surface area contributed by atoms with Gasteiger partial charge in [-0.1, -0.05) is 12.1 Å². The molecule has 7 nitrogen and oxygen atoms in total. The normalized spacial score (nSPS) is 15.2. The van der Waals surface area contributed by atoms with Crippen LogP contribution in [0.15, 0.2) is 36.7 Å². The third-order valence-corrected chi connectivity index (χ3v) is 4.48. The van der Waals surface area contributed by atoms with Gasteiger partial charge in [0, 0.05) is 51.9 Å². The average Bonchev–Trinajstić information content (AvgIpc) is 3.12. The maximum absolute atomic E-state index is 12.9. The van der Waals surface area contributed by atoms with E-state index >= 15 is 0 Å². The van der Waals surface area contributed by atoms with Crippen LogP contribution in [0.3, 0.4) is 0 Å². The van der Waals surface area contributed by atoms with Crippen LogP contribution in [-0.4, -0.2) is 62.7 Å². The molecule has 1 aromatic heterocycles. The Balaban J connectivity index is 1.42. The van der Waals surface area contributed by atoms with Crippen molar-refractivity contribution in [1.82, 2.24) is 19.6 Å². The molecule has 1 fully saturated rings. The summed E-state index contributed by atoms with van der Waals surface area (Å²) in [6, 6.07) is 6.48. The van der Waals surface area contributed by atoms with Crippen LogP contribution in [0.5, 0.6) is 0 Å². The van der Waals surface area contributed by atoms with E-state index in [0.717, 1.165) is 25.2 Å². The lowest BCUT2D eigenvalue weighted by atomic mass is 10.2. The second kappa shape index (κ2) is 8.09. The van der Waals surface area contributed by atoms with E-state index in [2.05, 4.69) is 10.00 Å². The molecule has 1 aromatic carbocycles. The number of hydrogen-bond donors (Lipinski definition) is 1. The van der Waals surface area contributed by atoms with Crippen LogP contribution >= 0.6 is 0 Å². The first-order valence-electron chi connectivity index (χ1n) is 8.51. The smallest absolute Gasteiger partial charge is 0.338 e. The highest BCUT2D eigenvalue weighted by Crippen LogP contribution is 2.11. The largest absolute Gasteiger partial charge is 0.478 e. The average molecular weight is 360 g/mol. The van der Waals surface area contributed by atoms with Gasteiger partial charge in [-0.2, -0.15) is 5.10 Å². The van der Waals surface area contributed by atoms with Crippen molar-refractivity contribution in [3.63, 3.8) is 0 Å². The molecule has 0 atom stereocenters. The lowest BCUT2D eigenvalue weighted by Crippen LogP contribution is -2.48. The Morgan fingerprint density at radius 2 is 1.81 bits per heavy atom. The van der Waals surface area contributed by atoms with Crippen molar-refractivity contribution in [2.45, 2.75) is 19.5 Å². The Morgan fingerprint density at radius 1 is 1.12 bits per heavy atom. The Morgan fingerprint density at radius 3 is 2.42 bits per heavy atom. The molecule has 0 unspecified atom stereocenters. The Labute approximate surface area is 150 Å². The van der Waals surface area contributed by atoms with Gasteiger partial charge in [0.1, 0.15) is 5.82 Å². The lowest BCUT2D eigenvalue weighted by molar-refractivity contribution is -0.133. The fraction of sp³-hybridized carbons (Fsp3) is 0.389. The lowest BCUT2D eigenvalue weighted by Gasteiger charge is -2.34. The van der Waals surface area contributed by atoms with E-state index in [1.807, 2.05) is 4.90 Å². The number of hydrogen-bond acceptors (Lipinski definition) is 4. The van der Waals surface area contributed by atoms with E-state index in [1.165, 1.54) is 29.2 Å². The number of amides is 1. The number of aromatic carboxylic acids is 1. The first kappa shape index (κ1) is 18.1. The van der Waals surface area contributed by atoms with Gasteiger partial charge in [0.15, 0.2) is 0 Å². The zero-order chi connectivity index (χ0) is 18.5. The van der Waals surface area contributed by atoms with Crippen molar-refractivity contribution in [3.8, 4) is 0 Å². The number of aromatic nitrogens is 2. The molecule has 0 bridgehead atoms. The van der Waals surface area contributed by atoms with E-state index in [-0.39, 0.29) is 17.3 Å². The van der Waals surface area contributed by atoms with Crippen LogP contribution in [0, 0.1) is 5.82 Å². The van der Waals surface area contributed by atoms with E-state index in [4.69, 9.17) is 5.11 Å². The monoisotopic (exact) mass is 360 g/mol. The maximum Gasteiger partial charge on any atom is 0.338 e. The number of piperazine rings is 1. The zero-order valence-electron chi connectivity index (χ0n) is 14.3. The molecule has 1 aliphatic rings. The number of carboxylic acid groups (broad SMARTS) is 1. The Kier molecular flexibility index (Phi) is 5.62. The number of halogens is 1.